The highest BCUT2D eigenvalue weighted by Gasteiger charge is 2.24. The van der Waals surface area contributed by atoms with Crippen molar-refractivity contribution >= 4 is 17.1 Å². The Morgan fingerprint density at radius 3 is 3.17 bits per heavy atom. The molecule has 0 amide bonds. The first-order valence-corrected chi connectivity index (χ1v) is 4.91. The van der Waals surface area contributed by atoms with Crippen LogP contribution in [-0.2, 0) is 4.74 Å². The van der Waals surface area contributed by atoms with E-state index >= 15 is 0 Å². The van der Waals surface area contributed by atoms with Gasteiger partial charge in [-0.1, -0.05) is 6.07 Å². The fourth-order valence-electron chi connectivity index (χ4n) is 1.36. The second-order valence-electron chi connectivity index (χ2n) is 2.90. The zero-order chi connectivity index (χ0) is 8.39. The first-order chi connectivity index (χ1) is 5.88. The number of Topliss-reactive ketones (excluding diaryl/α,β-unsaturated/α-hetero) is 1. The third kappa shape index (κ3) is 1.42. The molecule has 0 bridgehead atoms. The number of hydrogen-bond donors (Lipinski definition) is 0. The van der Waals surface area contributed by atoms with Crippen molar-refractivity contribution in [2.45, 2.75) is 6.42 Å². The van der Waals surface area contributed by atoms with E-state index in [-0.39, 0.29) is 11.7 Å². The fraction of sp³-hybridized carbons (Fsp3) is 0.444. The fourth-order valence-corrected chi connectivity index (χ4v) is 2.10. The van der Waals surface area contributed by atoms with Crippen molar-refractivity contribution in [2.75, 3.05) is 13.2 Å². The van der Waals surface area contributed by atoms with E-state index in [1.54, 1.807) is 0 Å². The second-order valence-corrected chi connectivity index (χ2v) is 3.85. The summed E-state index contributed by atoms with van der Waals surface area (Å²) in [4.78, 5) is 12.5. The Bertz CT molecular complexity index is 260. The van der Waals surface area contributed by atoms with E-state index in [4.69, 9.17) is 4.74 Å². The number of carbonyl (C=O) groups is 1. The summed E-state index contributed by atoms with van der Waals surface area (Å²) in [6.45, 7) is 1.35. The Morgan fingerprint density at radius 1 is 1.67 bits per heavy atom. The zero-order valence-corrected chi connectivity index (χ0v) is 7.47. The van der Waals surface area contributed by atoms with E-state index in [0.29, 0.717) is 6.61 Å². The molecule has 2 rings (SSSR count). The van der Waals surface area contributed by atoms with Crippen molar-refractivity contribution < 1.29 is 9.53 Å². The van der Waals surface area contributed by atoms with Crippen molar-refractivity contribution in [2.24, 2.45) is 5.92 Å². The van der Waals surface area contributed by atoms with E-state index in [2.05, 4.69) is 0 Å². The normalized spacial score (nSPS) is 22.8. The molecule has 1 aromatic rings. The predicted molar refractivity (Wildman–Crippen MR) is 47.6 cm³/mol. The topological polar surface area (TPSA) is 26.3 Å². The lowest BCUT2D eigenvalue weighted by Gasteiger charge is -2.02. The smallest absolute Gasteiger partial charge is 0.178 e. The highest BCUT2D eigenvalue weighted by molar-refractivity contribution is 7.12. The molecule has 1 atom stereocenters. The summed E-state index contributed by atoms with van der Waals surface area (Å²) in [5, 5.41) is 1.93. The number of ketones is 1. The molecule has 1 fully saturated rings. The third-order valence-corrected chi connectivity index (χ3v) is 2.95. The van der Waals surface area contributed by atoms with Gasteiger partial charge in [0.25, 0.3) is 0 Å². The van der Waals surface area contributed by atoms with Gasteiger partial charge < -0.3 is 4.74 Å². The van der Waals surface area contributed by atoms with Crippen LogP contribution in [0, 0.1) is 5.92 Å². The van der Waals surface area contributed by atoms with Crippen LogP contribution in [0.15, 0.2) is 17.5 Å². The average molecular weight is 182 g/mol. The molecule has 0 N–H and O–H groups in total. The number of carbonyl (C=O) groups excluding carboxylic acids is 1. The minimum atomic E-state index is 0.114. The lowest BCUT2D eigenvalue weighted by Crippen LogP contribution is -2.12. The number of hydrogen-bond acceptors (Lipinski definition) is 3. The van der Waals surface area contributed by atoms with Gasteiger partial charge in [0.1, 0.15) is 0 Å². The molecular formula is C9H10O2S. The van der Waals surface area contributed by atoms with Gasteiger partial charge in [0, 0.05) is 12.5 Å². The molecule has 64 valence electrons. The van der Waals surface area contributed by atoms with Crippen LogP contribution < -0.4 is 0 Å². The molecule has 1 aliphatic heterocycles. The van der Waals surface area contributed by atoms with Crippen molar-refractivity contribution in [1.82, 2.24) is 0 Å². The Kier molecular flexibility index (Phi) is 2.23. The lowest BCUT2D eigenvalue weighted by molar-refractivity contribution is 0.0904. The van der Waals surface area contributed by atoms with Gasteiger partial charge in [-0.25, -0.2) is 0 Å². The lowest BCUT2D eigenvalue weighted by atomic mass is 10.0. The standard InChI is InChI=1S/C9H10O2S/c10-9(7-3-4-11-6-7)8-2-1-5-12-8/h1-2,5,7H,3-4,6H2. The summed E-state index contributed by atoms with van der Waals surface area (Å²) in [6, 6.07) is 3.79. The molecule has 0 aliphatic carbocycles. The van der Waals surface area contributed by atoms with Crippen LogP contribution in [0.5, 0.6) is 0 Å². The summed E-state index contributed by atoms with van der Waals surface area (Å²) in [5.41, 5.74) is 0. The van der Waals surface area contributed by atoms with Crippen molar-refractivity contribution in [3.8, 4) is 0 Å². The molecule has 1 aromatic heterocycles. The third-order valence-electron chi connectivity index (χ3n) is 2.06. The molecule has 1 aliphatic rings. The summed E-state index contributed by atoms with van der Waals surface area (Å²) < 4.78 is 5.16. The zero-order valence-electron chi connectivity index (χ0n) is 6.66. The van der Waals surface area contributed by atoms with Crippen molar-refractivity contribution in [1.29, 1.82) is 0 Å². The van der Waals surface area contributed by atoms with Crippen LogP contribution in [0.1, 0.15) is 16.1 Å². The minimum absolute atomic E-state index is 0.114. The maximum atomic E-state index is 11.6. The molecule has 3 heteroatoms. The molecule has 0 spiro atoms. The summed E-state index contributed by atoms with van der Waals surface area (Å²) >= 11 is 1.51. The maximum absolute atomic E-state index is 11.6. The Labute approximate surface area is 75.2 Å². The van der Waals surface area contributed by atoms with E-state index < -0.39 is 0 Å². The van der Waals surface area contributed by atoms with Gasteiger partial charge in [-0.05, 0) is 17.9 Å². The van der Waals surface area contributed by atoms with Crippen LogP contribution >= 0.6 is 11.3 Å². The quantitative estimate of drug-likeness (QED) is 0.654. The first kappa shape index (κ1) is 7.95. The minimum Gasteiger partial charge on any atom is -0.381 e. The van der Waals surface area contributed by atoms with E-state index in [1.807, 2.05) is 17.5 Å². The molecule has 2 nitrogen and oxygen atoms in total. The van der Waals surface area contributed by atoms with Gasteiger partial charge in [-0.2, -0.15) is 0 Å². The SMILES string of the molecule is O=C(c1cccs1)C1CCOC1. The molecule has 2 heterocycles. The van der Waals surface area contributed by atoms with Gasteiger partial charge in [-0.3, -0.25) is 4.79 Å². The van der Waals surface area contributed by atoms with Crippen LogP contribution in [0.2, 0.25) is 0 Å². The molecule has 0 aromatic carbocycles. The van der Waals surface area contributed by atoms with E-state index in [1.165, 1.54) is 11.3 Å². The number of rotatable bonds is 2. The van der Waals surface area contributed by atoms with E-state index in [9.17, 15) is 4.79 Å². The Hall–Kier alpha value is -0.670. The van der Waals surface area contributed by atoms with E-state index in [0.717, 1.165) is 17.9 Å². The van der Waals surface area contributed by atoms with Crippen molar-refractivity contribution in [3.05, 3.63) is 22.4 Å². The molecule has 0 saturated carbocycles. The monoisotopic (exact) mass is 182 g/mol. The van der Waals surface area contributed by atoms with Gasteiger partial charge in [0.05, 0.1) is 11.5 Å². The van der Waals surface area contributed by atoms with Gasteiger partial charge >= 0.3 is 0 Å². The van der Waals surface area contributed by atoms with Crippen LogP contribution in [-0.4, -0.2) is 19.0 Å². The Morgan fingerprint density at radius 2 is 2.58 bits per heavy atom. The largest absolute Gasteiger partial charge is 0.381 e. The summed E-state index contributed by atoms with van der Waals surface area (Å²) in [6.07, 6.45) is 0.886. The van der Waals surface area contributed by atoms with Gasteiger partial charge in [-0.15, -0.1) is 11.3 Å². The molecule has 12 heavy (non-hydrogen) atoms. The number of ether oxygens (including phenoxy) is 1. The van der Waals surface area contributed by atoms with Crippen LogP contribution in [0.4, 0.5) is 0 Å². The molecular weight excluding hydrogens is 172 g/mol. The Balaban J connectivity index is 2.09. The number of thiophene rings is 1. The van der Waals surface area contributed by atoms with Crippen molar-refractivity contribution in [3.63, 3.8) is 0 Å². The molecule has 1 saturated heterocycles. The maximum Gasteiger partial charge on any atom is 0.178 e. The first-order valence-electron chi connectivity index (χ1n) is 4.03. The average Bonchev–Trinajstić information content (AvgIpc) is 2.77. The highest BCUT2D eigenvalue weighted by Crippen LogP contribution is 2.20. The summed E-state index contributed by atoms with van der Waals surface area (Å²) in [5.74, 6) is 0.367. The predicted octanol–water partition coefficient (Wildman–Crippen LogP) is 1.97. The van der Waals surface area contributed by atoms with Crippen LogP contribution in [0.3, 0.4) is 0 Å². The molecule has 0 radical (unpaired) electrons. The highest BCUT2D eigenvalue weighted by atomic mass is 32.1. The van der Waals surface area contributed by atoms with Crippen LogP contribution in [0.25, 0.3) is 0 Å². The molecule has 1 unspecified atom stereocenters. The van der Waals surface area contributed by atoms with Gasteiger partial charge in [0.15, 0.2) is 5.78 Å². The second kappa shape index (κ2) is 3.37. The van der Waals surface area contributed by atoms with Gasteiger partial charge in [0.2, 0.25) is 0 Å². The summed E-state index contributed by atoms with van der Waals surface area (Å²) in [7, 11) is 0.